The van der Waals surface area contributed by atoms with Crippen LogP contribution in [-0.2, 0) is 9.53 Å². The molecule has 4 bridgehead atoms. The topological polar surface area (TPSA) is 69.4 Å². The van der Waals surface area contributed by atoms with Crippen molar-refractivity contribution in [1.82, 2.24) is 0 Å². The average molecular weight is 251 g/mol. The summed E-state index contributed by atoms with van der Waals surface area (Å²) in [5.74, 6) is 0.235. The van der Waals surface area contributed by atoms with Crippen molar-refractivity contribution in [1.29, 1.82) is 0 Å². The van der Waals surface area contributed by atoms with Gasteiger partial charge in [-0.1, -0.05) is 6.58 Å². The maximum absolute atomic E-state index is 11.5. The van der Waals surface area contributed by atoms with Gasteiger partial charge in [-0.3, -0.25) is 10.1 Å². The van der Waals surface area contributed by atoms with Crippen LogP contribution in [0.1, 0.15) is 38.5 Å². The molecule has 0 N–H and O–H groups in total. The minimum atomic E-state index is -0.842. The van der Waals surface area contributed by atoms with Crippen molar-refractivity contribution in [3.05, 3.63) is 22.8 Å². The van der Waals surface area contributed by atoms with Crippen LogP contribution in [0.5, 0.6) is 0 Å². The molecule has 4 aliphatic rings. The Morgan fingerprint density at radius 3 is 2.44 bits per heavy atom. The first-order chi connectivity index (χ1) is 8.47. The minimum absolute atomic E-state index is 0.124. The number of nitrogens with zero attached hydrogens (tertiary/aromatic N) is 1. The average Bonchev–Trinajstić information content (AvgIpc) is 2.26. The number of carbonyl (C=O) groups excluding carboxylic acids is 1. The van der Waals surface area contributed by atoms with Gasteiger partial charge in [0.1, 0.15) is 5.60 Å². The second-order valence-corrected chi connectivity index (χ2v) is 6.25. The molecule has 0 amide bonds. The summed E-state index contributed by atoms with van der Waals surface area (Å²) in [4.78, 5) is 22.7. The first-order valence-electron chi connectivity index (χ1n) is 6.47. The summed E-state index contributed by atoms with van der Waals surface area (Å²) in [6.45, 7) is 3.40. The lowest BCUT2D eigenvalue weighted by Crippen LogP contribution is -2.63. The Morgan fingerprint density at radius 1 is 1.33 bits per heavy atom. The van der Waals surface area contributed by atoms with E-state index in [4.69, 9.17) is 4.74 Å². The van der Waals surface area contributed by atoms with Gasteiger partial charge in [-0.25, -0.2) is 4.79 Å². The van der Waals surface area contributed by atoms with E-state index in [1.807, 2.05) is 0 Å². The van der Waals surface area contributed by atoms with E-state index >= 15 is 0 Å². The molecule has 5 heteroatoms. The Morgan fingerprint density at radius 2 is 1.94 bits per heavy atom. The van der Waals surface area contributed by atoms with E-state index < -0.39 is 17.1 Å². The zero-order valence-electron chi connectivity index (χ0n) is 10.3. The number of ether oxygens (including phenoxy) is 1. The van der Waals surface area contributed by atoms with Gasteiger partial charge in [-0.05, 0) is 31.1 Å². The van der Waals surface area contributed by atoms with Crippen LogP contribution in [0.25, 0.3) is 0 Å². The van der Waals surface area contributed by atoms with Crippen LogP contribution in [-0.4, -0.2) is 22.0 Å². The van der Waals surface area contributed by atoms with Gasteiger partial charge in [0.05, 0.1) is 6.42 Å². The molecule has 98 valence electrons. The fourth-order valence-corrected chi connectivity index (χ4v) is 4.72. The van der Waals surface area contributed by atoms with Crippen molar-refractivity contribution in [3.63, 3.8) is 0 Å². The van der Waals surface area contributed by atoms with E-state index in [-0.39, 0.29) is 4.92 Å². The van der Waals surface area contributed by atoms with E-state index in [9.17, 15) is 14.9 Å². The molecule has 0 aromatic carbocycles. The molecule has 4 fully saturated rings. The van der Waals surface area contributed by atoms with Gasteiger partial charge >= 0.3 is 5.97 Å². The van der Waals surface area contributed by atoms with Crippen LogP contribution in [0.2, 0.25) is 0 Å². The smallest absolute Gasteiger partial charge is 0.330 e. The molecule has 0 radical (unpaired) electrons. The fraction of sp³-hybridized carbons (Fsp3) is 0.769. The highest BCUT2D eigenvalue weighted by Gasteiger charge is 2.65. The first-order valence-corrected chi connectivity index (χ1v) is 6.47. The lowest BCUT2D eigenvalue weighted by molar-refractivity contribution is -0.592. The van der Waals surface area contributed by atoms with Gasteiger partial charge < -0.3 is 4.74 Å². The second kappa shape index (κ2) is 3.56. The van der Waals surface area contributed by atoms with Crippen LogP contribution >= 0.6 is 0 Å². The highest BCUT2D eigenvalue weighted by molar-refractivity contribution is 5.81. The summed E-state index contributed by atoms with van der Waals surface area (Å²) in [6, 6.07) is 0. The standard InChI is InChI=1S/C13H17NO4/c1-2-11(15)18-13-6-9-3-10(7-13)5-12(4-9,8-13)14(16)17/h2,9-10H,1,3-8H2. The van der Waals surface area contributed by atoms with Crippen LogP contribution in [0.4, 0.5) is 0 Å². The number of esters is 1. The molecular formula is C13H17NO4. The van der Waals surface area contributed by atoms with E-state index in [2.05, 4.69) is 6.58 Å². The Labute approximate surface area is 105 Å². The molecule has 0 aromatic heterocycles. The Bertz CT molecular complexity index is 417. The van der Waals surface area contributed by atoms with Crippen LogP contribution in [0, 0.1) is 22.0 Å². The number of hydrogen-bond acceptors (Lipinski definition) is 4. The molecule has 4 rings (SSSR count). The van der Waals surface area contributed by atoms with Gasteiger partial charge in [0.25, 0.3) is 0 Å². The number of carbonyl (C=O) groups is 1. The molecule has 0 aliphatic heterocycles. The maximum Gasteiger partial charge on any atom is 0.330 e. The third-order valence-corrected chi connectivity index (χ3v) is 4.85. The van der Waals surface area contributed by atoms with Crippen LogP contribution in [0.15, 0.2) is 12.7 Å². The quantitative estimate of drug-likeness (QED) is 0.333. The van der Waals surface area contributed by atoms with Gasteiger partial charge in [0.2, 0.25) is 5.54 Å². The van der Waals surface area contributed by atoms with Crippen LogP contribution in [0.3, 0.4) is 0 Å². The number of nitro groups is 1. The molecule has 4 aliphatic carbocycles. The highest BCUT2D eigenvalue weighted by Crippen LogP contribution is 2.59. The van der Waals surface area contributed by atoms with Crippen molar-refractivity contribution in [2.45, 2.75) is 49.7 Å². The SMILES string of the molecule is C=CC(=O)OC12CC3CC(C1)CC([N+](=O)[O-])(C3)C2. The van der Waals surface area contributed by atoms with E-state index in [0.717, 1.165) is 25.3 Å². The van der Waals surface area contributed by atoms with Crippen molar-refractivity contribution in [2.75, 3.05) is 0 Å². The second-order valence-electron chi connectivity index (χ2n) is 6.25. The monoisotopic (exact) mass is 251 g/mol. The molecule has 0 aromatic rings. The molecule has 0 heterocycles. The summed E-state index contributed by atoms with van der Waals surface area (Å²) in [7, 11) is 0. The molecule has 0 saturated heterocycles. The predicted octanol–water partition coefficient (Wildman–Crippen LogP) is 2.08. The molecule has 2 atom stereocenters. The van der Waals surface area contributed by atoms with E-state index in [0.29, 0.717) is 31.1 Å². The molecule has 0 spiro atoms. The zero-order chi connectivity index (χ0) is 13.0. The third-order valence-electron chi connectivity index (χ3n) is 4.85. The summed E-state index contributed by atoms with van der Waals surface area (Å²) in [6.07, 6.45) is 5.49. The van der Waals surface area contributed by atoms with Crippen molar-refractivity contribution in [3.8, 4) is 0 Å². The fourth-order valence-electron chi connectivity index (χ4n) is 4.72. The van der Waals surface area contributed by atoms with Gasteiger partial charge in [0, 0.05) is 23.8 Å². The van der Waals surface area contributed by atoms with E-state index in [1.165, 1.54) is 0 Å². The summed E-state index contributed by atoms with van der Waals surface area (Å²) >= 11 is 0. The largest absolute Gasteiger partial charge is 0.456 e. The van der Waals surface area contributed by atoms with Crippen LogP contribution < -0.4 is 0 Å². The van der Waals surface area contributed by atoms with Crippen molar-refractivity contribution >= 4 is 5.97 Å². The molecule has 5 nitrogen and oxygen atoms in total. The van der Waals surface area contributed by atoms with Gasteiger partial charge in [0.15, 0.2) is 0 Å². The summed E-state index contributed by atoms with van der Waals surface area (Å²) in [5.41, 5.74) is -1.44. The maximum atomic E-state index is 11.5. The van der Waals surface area contributed by atoms with Crippen molar-refractivity contribution in [2.24, 2.45) is 11.8 Å². The number of rotatable bonds is 3. The molecular weight excluding hydrogens is 234 g/mol. The van der Waals surface area contributed by atoms with Gasteiger partial charge in [-0.2, -0.15) is 0 Å². The van der Waals surface area contributed by atoms with Gasteiger partial charge in [-0.15, -0.1) is 0 Å². The highest BCUT2D eigenvalue weighted by atomic mass is 16.6. The normalized spacial score (nSPS) is 44.7. The van der Waals surface area contributed by atoms with Crippen molar-refractivity contribution < 1.29 is 14.5 Å². The Balaban J connectivity index is 1.91. The molecule has 18 heavy (non-hydrogen) atoms. The Kier molecular flexibility index (Phi) is 2.31. The molecule has 2 unspecified atom stereocenters. The third kappa shape index (κ3) is 1.56. The van der Waals surface area contributed by atoms with E-state index in [1.54, 1.807) is 0 Å². The first kappa shape index (κ1) is 11.7. The zero-order valence-corrected chi connectivity index (χ0v) is 10.3. The minimum Gasteiger partial charge on any atom is -0.456 e. The summed E-state index contributed by atoms with van der Waals surface area (Å²) < 4.78 is 5.51. The lowest BCUT2D eigenvalue weighted by Gasteiger charge is -2.56. The Hall–Kier alpha value is -1.39. The number of hydrogen-bond donors (Lipinski definition) is 0. The predicted molar refractivity (Wildman–Crippen MR) is 63.4 cm³/mol. The lowest BCUT2D eigenvalue weighted by atomic mass is 9.51. The molecule has 4 saturated carbocycles. The summed E-state index contributed by atoms with van der Waals surface area (Å²) in [5, 5.41) is 11.4.